The highest BCUT2D eigenvalue weighted by molar-refractivity contribution is 5.83. The quantitative estimate of drug-likeness (QED) is 0.305. The maximum absolute atomic E-state index is 13.6. The Hall–Kier alpha value is -3.61. The van der Waals surface area contributed by atoms with E-state index < -0.39 is 17.6 Å². The predicted octanol–water partition coefficient (Wildman–Crippen LogP) is 7.58. The SMILES string of the molecule is C=C(C)c1ccc2c(c1)nc(Nc1ccc(CC)cc1)n2Cc1ccc(F)cc1C(F)(F)F. The standard InChI is InChI=1S/C26H23F4N3/c1-4-17-5-10-21(11-6-17)31-25-32-23-13-18(16(2)3)8-12-24(23)33(25)15-19-7-9-20(27)14-22(19)26(28,29)30/h5-14H,2,4,15H2,1,3H3,(H,31,32). The lowest BCUT2D eigenvalue weighted by Gasteiger charge is -2.16. The van der Waals surface area contributed by atoms with E-state index in [0.29, 0.717) is 23.0 Å². The van der Waals surface area contributed by atoms with Crippen LogP contribution >= 0.6 is 0 Å². The number of benzene rings is 3. The van der Waals surface area contributed by atoms with Crippen LogP contribution in [0.4, 0.5) is 29.2 Å². The number of fused-ring (bicyclic) bond motifs is 1. The molecule has 0 aliphatic rings. The zero-order chi connectivity index (χ0) is 23.8. The highest BCUT2D eigenvalue weighted by Gasteiger charge is 2.34. The number of aromatic nitrogens is 2. The second-order valence-electron chi connectivity index (χ2n) is 7.98. The van der Waals surface area contributed by atoms with E-state index in [4.69, 9.17) is 0 Å². The zero-order valence-corrected chi connectivity index (χ0v) is 18.3. The number of anilines is 2. The molecule has 0 unspecified atom stereocenters. The number of alkyl halides is 3. The molecule has 4 aromatic rings. The lowest BCUT2D eigenvalue weighted by atomic mass is 10.1. The van der Waals surface area contributed by atoms with E-state index in [1.807, 2.05) is 49.4 Å². The molecule has 1 N–H and O–H groups in total. The Morgan fingerprint density at radius 2 is 1.76 bits per heavy atom. The number of hydrogen-bond donors (Lipinski definition) is 1. The zero-order valence-electron chi connectivity index (χ0n) is 18.3. The summed E-state index contributed by atoms with van der Waals surface area (Å²) in [6.45, 7) is 7.75. The first-order chi connectivity index (χ1) is 15.7. The molecule has 7 heteroatoms. The molecule has 1 aromatic heterocycles. The molecule has 0 radical (unpaired) electrons. The van der Waals surface area contributed by atoms with E-state index in [1.54, 1.807) is 4.57 Å². The molecule has 0 fully saturated rings. The molecule has 4 rings (SSSR count). The summed E-state index contributed by atoms with van der Waals surface area (Å²) >= 11 is 0. The Labute approximate surface area is 189 Å². The van der Waals surface area contributed by atoms with Gasteiger partial charge in [-0.25, -0.2) is 9.37 Å². The number of imidazole rings is 1. The van der Waals surface area contributed by atoms with Gasteiger partial charge in [-0.2, -0.15) is 13.2 Å². The van der Waals surface area contributed by atoms with Crippen LogP contribution in [0.15, 0.2) is 67.2 Å². The van der Waals surface area contributed by atoms with Crippen LogP contribution in [0, 0.1) is 5.82 Å². The summed E-state index contributed by atoms with van der Waals surface area (Å²) in [5, 5.41) is 3.23. The maximum Gasteiger partial charge on any atom is 0.416 e. The molecule has 3 aromatic carbocycles. The summed E-state index contributed by atoms with van der Waals surface area (Å²) in [5.41, 5.74) is 3.92. The summed E-state index contributed by atoms with van der Waals surface area (Å²) in [5.74, 6) is -0.535. The van der Waals surface area contributed by atoms with Gasteiger partial charge in [0.2, 0.25) is 5.95 Å². The van der Waals surface area contributed by atoms with Crippen LogP contribution in [-0.2, 0) is 19.1 Å². The van der Waals surface area contributed by atoms with Gasteiger partial charge in [-0.15, -0.1) is 0 Å². The summed E-state index contributed by atoms with van der Waals surface area (Å²) in [6, 6.07) is 16.0. The predicted molar refractivity (Wildman–Crippen MR) is 124 cm³/mol. The third-order valence-electron chi connectivity index (χ3n) is 5.57. The van der Waals surface area contributed by atoms with Gasteiger partial charge in [0, 0.05) is 5.69 Å². The molecule has 0 spiro atoms. The van der Waals surface area contributed by atoms with Crippen LogP contribution in [0.1, 0.15) is 36.1 Å². The van der Waals surface area contributed by atoms with E-state index in [1.165, 1.54) is 11.6 Å². The monoisotopic (exact) mass is 453 g/mol. The van der Waals surface area contributed by atoms with Crippen molar-refractivity contribution in [3.63, 3.8) is 0 Å². The fourth-order valence-corrected chi connectivity index (χ4v) is 3.72. The highest BCUT2D eigenvalue weighted by atomic mass is 19.4. The molecule has 1 heterocycles. The molecule has 3 nitrogen and oxygen atoms in total. The van der Waals surface area contributed by atoms with Gasteiger partial charge in [0.05, 0.1) is 23.1 Å². The van der Waals surface area contributed by atoms with Gasteiger partial charge in [-0.1, -0.05) is 43.3 Å². The van der Waals surface area contributed by atoms with Crippen LogP contribution in [0.5, 0.6) is 0 Å². The van der Waals surface area contributed by atoms with Gasteiger partial charge < -0.3 is 9.88 Å². The van der Waals surface area contributed by atoms with Crippen molar-refractivity contribution in [1.29, 1.82) is 0 Å². The van der Waals surface area contributed by atoms with Gasteiger partial charge in [0.1, 0.15) is 5.82 Å². The van der Waals surface area contributed by atoms with Gasteiger partial charge in [-0.3, -0.25) is 0 Å². The fraction of sp³-hybridized carbons (Fsp3) is 0.192. The van der Waals surface area contributed by atoms with Crippen molar-refractivity contribution in [2.24, 2.45) is 0 Å². The fourth-order valence-electron chi connectivity index (χ4n) is 3.72. The Morgan fingerprint density at radius 1 is 1.03 bits per heavy atom. The molecule has 170 valence electrons. The minimum Gasteiger partial charge on any atom is -0.326 e. The van der Waals surface area contributed by atoms with E-state index in [2.05, 4.69) is 23.8 Å². The van der Waals surface area contributed by atoms with Crippen LogP contribution < -0.4 is 5.32 Å². The lowest BCUT2D eigenvalue weighted by Crippen LogP contribution is -2.13. The third kappa shape index (κ3) is 4.77. The van der Waals surface area contributed by atoms with Crippen LogP contribution in [0.25, 0.3) is 16.6 Å². The summed E-state index contributed by atoms with van der Waals surface area (Å²) in [6.07, 6.45) is -3.78. The van der Waals surface area contributed by atoms with Crippen molar-refractivity contribution in [3.05, 3.63) is 95.3 Å². The molecule has 0 bridgehead atoms. The first kappa shape index (κ1) is 22.6. The second kappa shape index (κ2) is 8.73. The number of nitrogens with one attached hydrogen (secondary N) is 1. The summed E-state index contributed by atoms with van der Waals surface area (Å²) < 4.78 is 56.1. The van der Waals surface area contributed by atoms with Gasteiger partial charge in [0.15, 0.2) is 0 Å². The van der Waals surface area contributed by atoms with E-state index in [0.717, 1.165) is 29.3 Å². The van der Waals surface area contributed by atoms with Gasteiger partial charge >= 0.3 is 6.18 Å². The topological polar surface area (TPSA) is 29.9 Å². The van der Waals surface area contributed by atoms with E-state index in [-0.39, 0.29) is 12.1 Å². The normalized spacial score (nSPS) is 11.7. The van der Waals surface area contributed by atoms with Crippen molar-refractivity contribution in [3.8, 4) is 0 Å². The number of aryl methyl sites for hydroxylation is 1. The smallest absolute Gasteiger partial charge is 0.326 e. The first-order valence-electron chi connectivity index (χ1n) is 10.5. The van der Waals surface area contributed by atoms with Gasteiger partial charge in [0.25, 0.3) is 0 Å². The third-order valence-corrected chi connectivity index (χ3v) is 5.57. The van der Waals surface area contributed by atoms with E-state index in [9.17, 15) is 17.6 Å². The average Bonchev–Trinajstić information content (AvgIpc) is 3.10. The molecular formula is C26H23F4N3. The largest absolute Gasteiger partial charge is 0.416 e. The minimum atomic E-state index is -4.68. The number of halogens is 4. The Morgan fingerprint density at radius 3 is 2.39 bits per heavy atom. The molecule has 0 saturated carbocycles. The first-order valence-corrected chi connectivity index (χ1v) is 10.5. The maximum atomic E-state index is 13.6. The number of nitrogens with zero attached hydrogens (tertiary/aromatic N) is 2. The summed E-state index contributed by atoms with van der Waals surface area (Å²) in [4.78, 5) is 4.65. The van der Waals surface area contributed by atoms with Crippen LogP contribution in [0.2, 0.25) is 0 Å². The Balaban J connectivity index is 1.83. The Kier molecular flexibility index (Phi) is 5.97. The number of rotatable bonds is 6. The number of allylic oxidation sites excluding steroid dienone is 1. The van der Waals surface area contributed by atoms with Gasteiger partial charge in [-0.05, 0) is 66.4 Å². The van der Waals surface area contributed by atoms with Crippen LogP contribution in [0.3, 0.4) is 0 Å². The van der Waals surface area contributed by atoms with Crippen molar-refractivity contribution in [2.45, 2.75) is 33.0 Å². The van der Waals surface area contributed by atoms with Crippen molar-refractivity contribution in [2.75, 3.05) is 5.32 Å². The Bertz CT molecular complexity index is 1320. The second-order valence-corrected chi connectivity index (χ2v) is 7.98. The molecule has 33 heavy (non-hydrogen) atoms. The van der Waals surface area contributed by atoms with Crippen molar-refractivity contribution >= 4 is 28.2 Å². The molecule has 0 aliphatic carbocycles. The van der Waals surface area contributed by atoms with E-state index >= 15 is 0 Å². The lowest BCUT2D eigenvalue weighted by molar-refractivity contribution is -0.138. The summed E-state index contributed by atoms with van der Waals surface area (Å²) in [7, 11) is 0. The molecule has 0 saturated heterocycles. The minimum absolute atomic E-state index is 0.0449. The molecule has 0 amide bonds. The number of hydrogen-bond acceptors (Lipinski definition) is 2. The van der Waals surface area contributed by atoms with Crippen molar-refractivity contribution < 1.29 is 17.6 Å². The molecule has 0 atom stereocenters. The average molecular weight is 453 g/mol. The molecule has 0 aliphatic heterocycles. The van der Waals surface area contributed by atoms with Crippen LogP contribution in [-0.4, -0.2) is 9.55 Å². The van der Waals surface area contributed by atoms with Crippen molar-refractivity contribution in [1.82, 2.24) is 9.55 Å². The highest BCUT2D eigenvalue weighted by Crippen LogP contribution is 2.34. The molecular weight excluding hydrogens is 430 g/mol.